The Morgan fingerprint density at radius 3 is 2.68 bits per heavy atom. The summed E-state index contributed by atoms with van der Waals surface area (Å²) in [6.07, 6.45) is 6.34. The van der Waals surface area contributed by atoms with Crippen LogP contribution in [0.3, 0.4) is 0 Å². The van der Waals surface area contributed by atoms with E-state index in [2.05, 4.69) is 17.6 Å². The summed E-state index contributed by atoms with van der Waals surface area (Å²) >= 11 is 0. The summed E-state index contributed by atoms with van der Waals surface area (Å²) in [5.74, 6) is 0.782. The zero-order valence-corrected chi connectivity index (χ0v) is 11.7. The molecule has 1 aromatic carbocycles. The van der Waals surface area contributed by atoms with Crippen LogP contribution in [0.2, 0.25) is 0 Å². The van der Waals surface area contributed by atoms with Crippen LogP contribution < -0.4 is 10.6 Å². The topological polar surface area (TPSA) is 41.1 Å². The molecule has 0 saturated heterocycles. The quantitative estimate of drug-likeness (QED) is 0.853. The third-order valence-electron chi connectivity index (χ3n) is 4.02. The van der Waals surface area contributed by atoms with Gasteiger partial charge in [0.05, 0.1) is 6.54 Å². The largest absolute Gasteiger partial charge is 0.325 e. The van der Waals surface area contributed by atoms with Crippen molar-refractivity contribution in [2.45, 2.75) is 45.1 Å². The lowest BCUT2D eigenvalue weighted by Gasteiger charge is -2.31. The standard InChI is InChI=1S/C16H24N2O/c1-2-13-8-6-7-11-15(13)17-12-16(19)18-14-9-4-3-5-10-14/h3-5,9-10,13,15,17H,2,6-8,11-12H2,1H3,(H,18,19). The second kappa shape index (κ2) is 7.29. The number of para-hydroxylation sites is 1. The Morgan fingerprint density at radius 1 is 1.21 bits per heavy atom. The third-order valence-corrected chi connectivity index (χ3v) is 4.02. The number of carbonyl (C=O) groups excluding carboxylic acids is 1. The molecule has 0 radical (unpaired) electrons. The summed E-state index contributed by atoms with van der Waals surface area (Å²) in [6.45, 7) is 2.66. The van der Waals surface area contributed by atoms with Gasteiger partial charge in [-0.1, -0.05) is 44.4 Å². The van der Waals surface area contributed by atoms with E-state index in [1.54, 1.807) is 0 Å². The molecule has 1 aliphatic rings. The number of carbonyl (C=O) groups is 1. The van der Waals surface area contributed by atoms with Gasteiger partial charge in [0.15, 0.2) is 0 Å². The Labute approximate surface area is 115 Å². The molecule has 3 nitrogen and oxygen atoms in total. The minimum Gasteiger partial charge on any atom is -0.325 e. The molecule has 1 aromatic rings. The van der Waals surface area contributed by atoms with Gasteiger partial charge < -0.3 is 10.6 Å². The van der Waals surface area contributed by atoms with Gasteiger partial charge in [0, 0.05) is 11.7 Å². The summed E-state index contributed by atoms with van der Waals surface area (Å²) < 4.78 is 0. The minimum atomic E-state index is 0.0478. The van der Waals surface area contributed by atoms with Gasteiger partial charge in [0.2, 0.25) is 5.91 Å². The van der Waals surface area contributed by atoms with Crippen LogP contribution in [0.4, 0.5) is 5.69 Å². The molecule has 0 aliphatic heterocycles. The van der Waals surface area contributed by atoms with Crippen LogP contribution in [-0.2, 0) is 4.79 Å². The Balaban J connectivity index is 1.76. The predicted molar refractivity (Wildman–Crippen MR) is 79.1 cm³/mol. The van der Waals surface area contributed by atoms with Gasteiger partial charge in [0.1, 0.15) is 0 Å². The van der Waals surface area contributed by atoms with Crippen molar-refractivity contribution in [1.82, 2.24) is 5.32 Å². The Morgan fingerprint density at radius 2 is 1.95 bits per heavy atom. The van der Waals surface area contributed by atoms with Crippen molar-refractivity contribution in [3.05, 3.63) is 30.3 Å². The molecule has 19 heavy (non-hydrogen) atoms. The first-order valence-electron chi connectivity index (χ1n) is 7.38. The molecule has 2 rings (SSSR count). The van der Waals surface area contributed by atoms with Gasteiger partial charge in [0.25, 0.3) is 0 Å². The molecule has 0 heterocycles. The van der Waals surface area contributed by atoms with Crippen LogP contribution in [0.5, 0.6) is 0 Å². The molecule has 0 bridgehead atoms. The number of benzene rings is 1. The van der Waals surface area contributed by atoms with Crippen molar-refractivity contribution in [2.75, 3.05) is 11.9 Å². The predicted octanol–water partition coefficient (Wildman–Crippen LogP) is 3.18. The summed E-state index contributed by atoms with van der Waals surface area (Å²) in [5.41, 5.74) is 0.866. The molecule has 1 fully saturated rings. The van der Waals surface area contributed by atoms with E-state index in [1.165, 1.54) is 32.1 Å². The zero-order chi connectivity index (χ0) is 13.5. The molecule has 3 heteroatoms. The van der Waals surface area contributed by atoms with Crippen LogP contribution in [0.15, 0.2) is 30.3 Å². The third kappa shape index (κ3) is 4.35. The Hall–Kier alpha value is -1.35. The van der Waals surface area contributed by atoms with E-state index in [0.29, 0.717) is 12.6 Å². The van der Waals surface area contributed by atoms with Gasteiger partial charge >= 0.3 is 0 Å². The molecule has 2 atom stereocenters. The van der Waals surface area contributed by atoms with Crippen molar-refractivity contribution in [2.24, 2.45) is 5.92 Å². The molecule has 1 amide bonds. The second-order valence-corrected chi connectivity index (χ2v) is 5.35. The molecular weight excluding hydrogens is 236 g/mol. The molecule has 0 spiro atoms. The molecule has 104 valence electrons. The molecular formula is C16H24N2O. The summed E-state index contributed by atoms with van der Waals surface area (Å²) in [6, 6.07) is 10.1. The fourth-order valence-electron chi connectivity index (χ4n) is 2.92. The Bertz CT molecular complexity index is 391. The highest BCUT2D eigenvalue weighted by Gasteiger charge is 2.23. The van der Waals surface area contributed by atoms with E-state index in [4.69, 9.17) is 0 Å². The van der Waals surface area contributed by atoms with Gasteiger partial charge in [-0.25, -0.2) is 0 Å². The first-order valence-corrected chi connectivity index (χ1v) is 7.38. The summed E-state index contributed by atoms with van der Waals surface area (Å²) in [4.78, 5) is 11.9. The van der Waals surface area contributed by atoms with E-state index in [-0.39, 0.29) is 5.91 Å². The lowest BCUT2D eigenvalue weighted by Crippen LogP contribution is -2.42. The average Bonchev–Trinajstić information content (AvgIpc) is 2.46. The highest BCUT2D eigenvalue weighted by molar-refractivity contribution is 5.92. The fraction of sp³-hybridized carbons (Fsp3) is 0.562. The number of anilines is 1. The highest BCUT2D eigenvalue weighted by atomic mass is 16.1. The van der Waals surface area contributed by atoms with E-state index in [1.807, 2.05) is 30.3 Å². The van der Waals surface area contributed by atoms with Gasteiger partial charge in [-0.05, 0) is 30.9 Å². The SMILES string of the molecule is CCC1CCCCC1NCC(=O)Nc1ccccc1. The molecule has 1 aliphatic carbocycles. The van der Waals surface area contributed by atoms with Crippen LogP contribution in [0.1, 0.15) is 39.0 Å². The van der Waals surface area contributed by atoms with Gasteiger partial charge in [-0.3, -0.25) is 4.79 Å². The van der Waals surface area contributed by atoms with Crippen LogP contribution in [-0.4, -0.2) is 18.5 Å². The lowest BCUT2D eigenvalue weighted by molar-refractivity contribution is -0.115. The van der Waals surface area contributed by atoms with Crippen LogP contribution >= 0.6 is 0 Å². The van der Waals surface area contributed by atoms with E-state index in [0.717, 1.165) is 11.6 Å². The first kappa shape index (κ1) is 14.1. The lowest BCUT2D eigenvalue weighted by atomic mass is 9.83. The van der Waals surface area contributed by atoms with E-state index in [9.17, 15) is 4.79 Å². The summed E-state index contributed by atoms with van der Waals surface area (Å²) in [5, 5.41) is 6.34. The van der Waals surface area contributed by atoms with Crippen molar-refractivity contribution in [3.63, 3.8) is 0 Å². The van der Waals surface area contributed by atoms with Crippen molar-refractivity contribution < 1.29 is 4.79 Å². The monoisotopic (exact) mass is 260 g/mol. The molecule has 2 N–H and O–H groups in total. The van der Waals surface area contributed by atoms with E-state index < -0.39 is 0 Å². The molecule has 1 saturated carbocycles. The van der Waals surface area contributed by atoms with Crippen LogP contribution in [0, 0.1) is 5.92 Å². The smallest absolute Gasteiger partial charge is 0.238 e. The number of hydrogen-bond donors (Lipinski definition) is 2. The fourth-order valence-corrected chi connectivity index (χ4v) is 2.92. The van der Waals surface area contributed by atoms with Gasteiger partial charge in [-0.2, -0.15) is 0 Å². The first-order chi connectivity index (χ1) is 9.29. The average molecular weight is 260 g/mol. The normalized spacial score (nSPS) is 23.0. The number of rotatable bonds is 5. The van der Waals surface area contributed by atoms with Gasteiger partial charge in [-0.15, -0.1) is 0 Å². The maximum absolute atomic E-state index is 11.9. The second-order valence-electron chi connectivity index (χ2n) is 5.35. The highest BCUT2D eigenvalue weighted by Crippen LogP contribution is 2.26. The number of hydrogen-bond acceptors (Lipinski definition) is 2. The number of nitrogens with one attached hydrogen (secondary N) is 2. The van der Waals surface area contributed by atoms with E-state index >= 15 is 0 Å². The van der Waals surface area contributed by atoms with Crippen molar-refractivity contribution >= 4 is 11.6 Å². The maximum atomic E-state index is 11.9. The number of amides is 1. The van der Waals surface area contributed by atoms with Crippen LogP contribution in [0.25, 0.3) is 0 Å². The molecule has 0 aromatic heterocycles. The minimum absolute atomic E-state index is 0.0478. The zero-order valence-electron chi connectivity index (χ0n) is 11.7. The Kier molecular flexibility index (Phi) is 5.40. The van der Waals surface area contributed by atoms with Crippen molar-refractivity contribution in [1.29, 1.82) is 0 Å². The van der Waals surface area contributed by atoms with Crippen molar-refractivity contribution in [3.8, 4) is 0 Å². The maximum Gasteiger partial charge on any atom is 0.238 e. The molecule has 2 unspecified atom stereocenters. The summed E-state index contributed by atoms with van der Waals surface area (Å²) in [7, 11) is 0.